The minimum absolute atomic E-state index is 0.130. The zero-order valence-corrected chi connectivity index (χ0v) is 10.6. The van der Waals surface area contributed by atoms with Crippen LogP contribution < -0.4 is 5.63 Å². The van der Waals surface area contributed by atoms with E-state index in [1.165, 1.54) is 6.07 Å². The summed E-state index contributed by atoms with van der Waals surface area (Å²) < 4.78 is 10.8. The van der Waals surface area contributed by atoms with Crippen LogP contribution in [-0.2, 0) is 0 Å². The summed E-state index contributed by atoms with van der Waals surface area (Å²) >= 11 is 0. The Labute approximate surface area is 112 Å². The Morgan fingerprint density at radius 3 is 2.55 bits per heavy atom. The monoisotopic (exact) mass is 266 g/mol. The highest BCUT2D eigenvalue weighted by Gasteiger charge is 2.17. The van der Waals surface area contributed by atoms with E-state index < -0.39 is 5.63 Å². The zero-order valence-electron chi connectivity index (χ0n) is 10.6. The minimum atomic E-state index is -0.485. The highest BCUT2D eigenvalue weighted by Crippen LogP contribution is 2.39. The molecule has 0 unspecified atom stereocenters. The fraction of sp³-hybridized carbons (Fsp3) is 0.0625. The Morgan fingerprint density at radius 1 is 0.950 bits per heavy atom. The first kappa shape index (κ1) is 11.1. The molecule has 1 N–H and O–H groups in total. The Balaban J connectivity index is 2.34. The van der Waals surface area contributed by atoms with Crippen LogP contribution in [0.25, 0.3) is 32.9 Å². The third kappa shape index (κ3) is 1.33. The second-order valence-corrected chi connectivity index (χ2v) is 4.83. The molecule has 2 aromatic carbocycles. The topological polar surface area (TPSA) is 63.6 Å². The van der Waals surface area contributed by atoms with Gasteiger partial charge in [0.1, 0.15) is 5.58 Å². The largest absolute Gasteiger partial charge is 0.502 e. The van der Waals surface area contributed by atoms with Gasteiger partial charge in [-0.05, 0) is 24.6 Å². The third-order valence-electron chi connectivity index (χ3n) is 3.56. The molecule has 0 fully saturated rings. The number of phenolic OH excluding ortho intramolecular Hbond substituents is 1. The lowest BCUT2D eigenvalue weighted by atomic mass is 10.1. The van der Waals surface area contributed by atoms with Crippen molar-refractivity contribution in [3.63, 3.8) is 0 Å². The van der Waals surface area contributed by atoms with Crippen LogP contribution in [0.2, 0.25) is 0 Å². The van der Waals surface area contributed by atoms with Crippen molar-refractivity contribution in [1.29, 1.82) is 0 Å². The predicted octanol–water partition coefficient (Wildman–Crippen LogP) is 3.71. The van der Waals surface area contributed by atoms with Crippen LogP contribution in [-0.4, -0.2) is 5.11 Å². The van der Waals surface area contributed by atoms with Gasteiger partial charge in [-0.25, -0.2) is 4.79 Å². The maximum Gasteiger partial charge on any atom is 0.336 e. The van der Waals surface area contributed by atoms with E-state index in [4.69, 9.17) is 8.83 Å². The first-order valence-electron chi connectivity index (χ1n) is 6.23. The second kappa shape index (κ2) is 3.63. The van der Waals surface area contributed by atoms with Crippen molar-refractivity contribution in [1.82, 2.24) is 0 Å². The van der Waals surface area contributed by atoms with E-state index in [1.807, 2.05) is 37.3 Å². The number of phenols is 1. The van der Waals surface area contributed by atoms with Crippen molar-refractivity contribution in [2.75, 3.05) is 0 Å². The highest BCUT2D eigenvalue weighted by molar-refractivity contribution is 6.12. The fourth-order valence-corrected chi connectivity index (χ4v) is 2.61. The lowest BCUT2D eigenvalue weighted by Gasteiger charge is -2.03. The summed E-state index contributed by atoms with van der Waals surface area (Å²) in [5.74, 6) is -0.130. The molecule has 20 heavy (non-hydrogen) atoms. The normalized spacial score (nSPS) is 11.7. The average Bonchev–Trinajstić information content (AvgIpc) is 2.80. The van der Waals surface area contributed by atoms with Crippen molar-refractivity contribution < 1.29 is 13.9 Å². The molecule has 4 aromatic rings. The quantitative estimate of drug-likeness (QED) is 0.493. The third-order valence-corrected chi connectivity index (χ3v) is 3.56. The summed E-state index contributed by atoms with van der Waals surface area (Å²) in [5, 5.41) is 12.8. The van der Waals surface area contributed by atoms with Gasteiger partial charge in [-0.1, -0.05) is 18.2 Å². The molecule has 0 aliphatic rings. The summed E-state index contributed by atoms with van der Waals surface area (Å²) in [5.41, 5.74) is 1.47. The molecule has 0 saturated heterocycles. The van der Waals surface area contributed by atoms with Crippen LogP contribution in [0.4, 0.5) is 0 Å². The molecule has 0 bridgehead atoms. The molecule has 4 nitrogen and oxygen atoms in total. The highest BCUT2D eigenvalue weighted by atomic mass is 16.4. The van der Waals surface area contributed by atoms with E-state index >= 15 is 0 Å². The number of aryl methyl sites for hydroxylation is 1. The number of aromatic hydroxyl groups is 1. The molecule has 0 aliphatic heterocycles. The van der Waals surface area contributed by atoms with Gasteiger partial charge in [-0.3, -0.25) is 0 Å². The van der Waals surface area contributed by atoms with Crippen LogP contribution in [0.5, 0.6) is 5.75 Å². The molecule has 0 radical (unpaired) electrons. The molecule has 0 aliphatic carbocycles. The lowest BCUT2D eigenvalue weighted by Crippen LogP contribution is -1.97. The van der Waals surface area contributed by atoms with Crippen LogP contribution in [0.1, 0.15) is 5.56 Å². The maximum absolute atomic E-state index is 11.5. The molecule has 4 heteroatoms. The van der Waals surface area contributed by atoms with Crippen LogP contribution in [0, 0.1) is 6.92 Å². The Hall–Kier alpha value is -2.75. The van der Waals surface area contributed by atoms with E-state index in [2.05, 4.69) is 0 Å². The standard InChI is InChI=1S/C16H10O4/c1-8-6-13(17)20-15-10(8)7-11-9-4-2-3-5-12(9)19-16(11)14(15)18/h2-7,18H,1H3. The van der Waals surface area contributed by atoms with E-state index in [0.717, 1.165) is 16.3 Å². The van der Waals surface area contributed by atoms with E-state index in [1.54, 1.807) is 0 Å². The smallest absolute Gasteiger partial charge is 0.336 e. The first-order chi connectivity index (χ1) is 9.65. The van der Waals surface area contributed by atoms with Gasteiger partial charge in [0.2, 0.25) is 5.75 Å². The van der Waals surface area contributed by atoms with Crippen molar-refractivity contribution in [3.05, 3.63) is 52.4 Å². The molecular formula is C16H10O4. The molecule has 0 atom stereocenters. The molecular weight excluding hydrogens is 256 g/mol. The van der Waals surface area contributed by atoms with Gasteiger partial charge in [0.15, 0.2) is 11.2 Å². The number of hydrogen-bond acceptors (Lipinski definition) is 4. The number of rotatable bonds is 0. The van der Waals surface area contributed by atoms with Gasteiger partial charge in [0, 0.05) is 22.2 Å². The average molecular weight is 266 g/mol. The van der Waals surface area contributed by atoms with Crippen LogP contribution in [0.15, 0.2) is 50.0 Å². The summed E-state index contributed by atoms with van der Waals surface area (Å²) in [6, 6.07) is 10.8. The lowest BCUT2D eigenvalue weighted by molar-refractivity contribution is 0.452. The number of benzene rings is 2. The van der Waals surface area contributed by atoms with Crippen LogP contribution in [0.3, 0.4) is 0 Å². The van der Waals surface area contributed by atoms with Crippen molar-refractivity contribution >= 4 is 32.9 Å². The molecule has 0 saturated carbocycles. The van der Waals surface area contributed by atoms with Gasteiger partial charge in [-0.15, -0.1) is 0 Å². The van der Waals surface area contributed by atoms with E-state index in [0.29, 0.717) is 16.6 Å². The molecule has 2 aromatic heterocycles. The van der Waals surface area contributed by atoms with Gasteiger partial charge in [-0.2, -0.15) is 0 Å². The Kier molecular flexibility index (Phi) is 2.02. The Bertz CT molecular complexity index is 1040. The van der Waals surface area contributed by atoms with Gasteiger partial charge in [0.05, 0.1) is 0 Å². The molecule has 0 amide bonds. The van der Waals surface area contributed by atoms with Crippen molar-refractivity contribution in [2.45, 2.75) is 6.92 Å². The number of fused-ring (bicyclic) bond motifs is 4. The molecule has 4 rings (SSSR count). The summed E-state index contributed by atoms with van der Waals surface area (Å²) in [7, 11) is 0. The van der Waals surface area contributed by atoms with Crippen molar-refractivity contribution in [2.24, 2.45) is 0 Å². The maximum atomic E-state index is 11.5. The first-order valence-corrected chi connectivity index (χ1v) is 6.23. The Morgan fingerprint density at radius 2 is 1.70 bits per heavy atom. The van der Waals surface area contributed by atoms with E-state index in [-0.39, 0.29) is 11.3 Å². The summed E-state index contributed by atoms with van der Waals surface area (Å²) in [6.45, 7) is 1.81. The van der Waals surface area contributed by atoms with Crippen molar-refractivity contribution in [3.8, 4) is 5.75 Å². The fourth-order valence-electron chi connectivity index (χ4n) is 2.61. The number of furan rings is 1. The molecule has 2 heterocycles. The minimum Gasteiger partial charge on any atom is -0.502 e. The van der Waals surface area contributed by atoms with Gasteiger partial charge in [0.25, 0.3) is 0 Å². The van der Waals surface area contributed by atoms with E-state index in [9.17, 15) is 9.90 Å². The summed E-state index contributed by atoms with van der Waals surface area (Å²) in [6.07, 6.45) is 0. The zero-order chi connectivity index (χ0) is 13.9. The van der Waals surface area contributed by atoms with Gasteiger partial charge < -0.3 is 13.9 Å². The molecule has 0 spiro atoms. The van der Waals surface area contributed by atoms with Gasteiger partial charge >= 0.3 is 5.63 Å². The second-order valence-electron chi connectivity index (χ2n) is 4.83. The summed E-state index contributed by atoms with van der Waals surface area (Å²) in [4.78, 5) is 11.5. The molecule has 98 valence electrons. The van der Waals surface area contributed by atoms with Crippen LogP contribution >= 0.6 is 0 Å². The SMILES string of the molecule is Cc1cc(=O)oc2c(O)c3oc4ccccc4c3cc12. The predicted molar refractivity (Wildman–Crippen MR) is 76.2 cm³/mol. The number of hydrogen-bond donors (Lipinski definition) is 1. The number of para-hydroxylation sites is 1.